The van der Waals surface area contributed by atoms with Crippen LogP contribution in [0.3, 0.4) is 0 Å². The van der Waals surface area contributed by atoms with Gasteiger partial charge >= 0.3 is 6.09 Å². The summed E-state index contributed by atoms with van der Waals surface area (Å²) in [5, 5.41) is 0. The molecule has 4 heteroatoms. The van der Waals surface area contributed by atoms with Crippen LogP contribution < -0.4 is 0 Å². The van der Waals surface area contributed by atoms with Crippen LogP contribution in [0.1, 0.15) is 37.4 Å². The molecule has 1 aliphatic heterocycles. The molecule has 22 heavy (non-hydrogen) atoms. The summed E-state index contributed by atoms with van der Waals surface area (Å²) in [6.07, 6.45) is 9.81. The second-order valence-corrected chi connectivity index (χ2v) is 5.71. The van der Waals surface area contributed by atoms with Crippen molar-refractivity contribution in [3.8, 4) is 0 Å². The first-order valence-corrected chi connectivity index (χ1v) is 8.05. The minimum absolute atomic E-state index is 0.189. The molecule has 0 saturated carbocycles. The van der Waals surface area contributed by atoms with Crippen molar-refractivity contribution in [2.75, 3.05) is 19.7 Å². The highest BCUT2D eigenvalue weighted by molar-refractivity contribution is 5.83. The Hall–Kier alpha value is -2.10. The molecule has 3 rings (SSSR count). The second kappa shape index (κ2) is 6.77. The van der Waals surface area contributed by atoms with Crippen LogP contribution in [0.4, 0.5) is 4.79 Å². The van der Waals surface area contributed by atoms with E-state index in [1.807, 2.05) is 12.3 Å². The maximum absolute atomic E-state index is 11.9. The number of fused-ring (bicyclic) bond motifs is 1. The van der Waals surface area contributed by atoms with Crippen LogP contribution in [0, 0.1) is 0 Å². The summed E-state index contributed by atoms with van der Waals surface area (Å²) in [6.45, 7) is 3.97. The molecule has 116 valence electrons. The Balaban J connectivity index is 1.62. The number of allylic oxidation sites excluding steroid dienone is 2. The van der Waals surface area contributed by atoms with Crippen molar-refractivity contribution >= 4 is 11.7 Å². The average molecular weight is 298 g/mol. The van der Waals surface area contributed by atoms with Gasteiger partial charge in [-0.2, -0.15) is 0 Å². The summed E-state index contributed by atoms with van der Waals surface area (Å²) in [7, 11) is 0. The fourth-order valence-corrected chi connectivity index (χ4v) is 2.93. The number of carbonyl (C=O) groups is 1. The minimum atomic E-state index is -0.189. The van der Waals surface area contributed by atoms with Gasteiger partial charge in [0.25, 0.3) is 0 Å². The number of unbranched alkanes of at least 4 members (excludes halogenated alkanes) is 1. The number of nitrogens with zero attached hydrogens (tertiary/aromatic N) is 2. The predicted octanol–water partition coefficient (Wildman–Crippen LogP) is 3.59. The van der Waals surface area contributed by atoms with Crippen LogP contribution in [0.2, 0.25) is 0 Å². The molecule has 0 radical (unpaired) electrons. The Labute approximate surface area is 131 Å². The van der Waals surface area contributed by atoms with Gasteiger partial charge in [-0.3, -0.25) is 4.98 Å². The van der Waals surface area contributed by atoms with Gasteiger partial charge in [0.15, 0.2) is 0 Å². The Kier molecular flexibility index (Phi) is 4.56. The zero-order valence-corrected chi connectivity index (χ0v) is 13.0. The lowest BCUT2D eigenvalue weighted by atomic mass is 9.96. The number of aromatic nitrogens is 1. The van der Waals surface area contributed by atoms with E-state index in [0.717, 1.165) is 37.9 Å². The van der Waals surface area contributed by atoms with E-state index in [-0.39, 0.29) is 6.09 Å². The summed E-state index contributed by atoms with van der Waals surface area (Å²) >= 11 is 0. The zero-order chi connectivity index (χ0) is 15.4. The molecule has 0 fully saturated rings. The van der Waals surface area contributed by atoms with Crippen LogP contribution >= 0.6 is 0 Å². The van der Waals surface area contributed by atoms with Gasteiger partial charge in [0.05, 0.1) is 12.3 Å². The third kappa shape index (κ3) is 3.06. The van der Waals surface area contributed by atoms with Gasteiger partial charge in [-0.15, -0.1) is 0 Å². The molecule has 4 nitrogen and oxygen atoms in total. The highest BCUT2D eigenvalue weighted by Crippen LogP contribution is 2.34. The standard InChI is InChI=1S/C18H22N2O2/c1-2-3-13-22-18(21)20-11-8-14(9-12-20)15-6-7-17-16(15)5-4-10-19-17/h4-6,8,10H,2-3,7,9,11-13H2,1H3. The zero-order valence-electron chi connectivity index (χ0n) is 13.0. The lowest BCUT2D eigenvalue weighted by Crippen LogP contribution is -2.35. The van der Waals surface area contributed by atoms with Gasteiger partial charge in [0.2, 0.25) is 0 Å². The summed E-state index contributed by atoms with van der Waals surface area (Å²) in [5.41, 5.74) is 5.01. The van der Waals surface area contributed by atoms with Crippen LogP contribution in [0.5, 0.6) is 0 Å². The van der Waals surface area contributed by atoms with Crippen molar-refractivity contribution in [1.29, 1.82) is 0 Å². The van der Waals surface area contributed by atoms with E-state index in [4.69, 9.17) is 4.74 Å². The monoisotopic (exact) mass is 298 g/mol. The Morgan fingerprint density at radius 1 is 1.41 bits per heavy atom. The molecular formula is C18H22N2O2. The maximum Gasteiger partial charge on any atom is 0.410 e. The third-order valence-electron chi connectivity index (χ3n) is 4.22. The maximum atomic E-state index is 11.9. The number of pyridine rings is 1. The first-order valence-electron chi connectivity index (χ1n) is 8.05. The van der Waals surface area contributed by atoms with E-state index in [9.17, 15) is 4.79 Å². The lowest BCUT2D eigenvalue weighted by Gasteiger charge is -2.26. The van der Waals surface area contributed by atoms with Crippen LogP contribution in [-0.2, 0) is 11.2 Å². The quantitative estimate of drug-likeness (QED) is 0.798. The minimum Gasteiger partial charge on any atom is -0.449 e. The van der Waals surface area contributed by atoms with E-state index in [1.54, 1.807) is 4.90 Å². The first-order chi connectivity index (χ1) is 10.8. The largest absolute Gasteiger partial charge is 0.449 e. The van der Waals surface area contributed by atoms with Gasteiger partial charge in [0, 0.05) is 31.3 Å². The molecular weight excluding hydrogens is 276 g/mol. The molecule has 0 spiro atoms. The summed E-state index contributed by atoms with van der Waals surface area (Å²) in [4.78, 5) is 18.2. The van der Waals surface area contributed by atoms with Crippen molar-refractivity contribution in [2.24, 2.45) is 0 Å². The van der Waals surface area contributed by atoms with Crippen molar-refractivity contribution in [3.05, 3.63) is 47.3 Å². The molecule has 2 heterocycles. The highest BCUT2D eigenvalue weighted by atomic mass is 16.6. The van der Waals surface area contributed by atoms with Crippen LogP contribution in [0.25, 0.3) is 5.57 Å². The van der Waals surface area contributed by atoms with Crippen LogP contribution in [0.15, 0.2) is 36.1 Å². The van der Waals surface area contributed by atoms with Crippen LogP contribution in [-0.4, -0.2) is 35.7 Å². The molecule has 1 aliphatic carbocycles. The first kappa shape index (κ1) is 14.8. The number of ether oxygens (including phenoxy) is 1. The molecule has 0 N–H and O–H groups in total. The molecule has 0 atom stereocenters. The Morgan fingerprint density at radius 2 is 2.32 bits per heavy atom. The second-order valence-electron chi connectivity index (χ2n) is 5.71. The molecule has 1 aromatic rings. The smallest absolute Gasteiger partial charge is 0.410 e. The summed E-state index contributed by atoms with van der Waals surface area (Å²) < 4.78 is 5.27. The van der Waals surface area contributed by atoms with Gasteiger partial charge in [-0.05, 0) is 30.1 Å². The number of amides is 1. The number of rotatable bonds is 4. The molecule has 2 aliphatic rings. The third-order valence-corrected chi connectivity index (χ3v) is 4.22. The van der Waals surface area contributed by atoms with Gasteiger partial charge < -0.3 is 9.64 Å². The van der Waals surface area contributed by atoms with Gasteiger partial charge in [-0.1, -0.05) is 31.6 Å². The normalized spacial score (nSPS) is 16.9. The van der Waals surface area contributed by atoms with E-state index < -0.39 is 0 Å². The highest BCUT2D eigenvalue weighted by Gasteiger charge is 2.23. The predicted molar refractivity (Wildman–Crippen MR) is 86.4 cm³/mol. The molecule has 0 unspecified atom stereocenters. The molecule has 0 bridgehead atoms. The fourth-order valence-electron chi connectivity index (χ4n) is 2.93. The summed E-state index contributed by atoms with van der Waals surface area (Å²) in [5.74, 6) is 0. The van der Waals surface area contributed by atoms with E-state index >= 15 is 0 Å². The van der Waals surface area contributed by atoms with Gasteiger partial charge in [0.1, 0.15) is 0 Å². The van der Waals surface area contributed by atoms with Gasteiger partial charge in [-0.25, -0.2) is 4.79 Å². The fraction of sp³-hybridized carbons (Fsp3) is 0.444. The van der Waals surface area contributed by atoms with Crippen molar-refractivity contribution < 1.29 is 9.53 Å². The topological polar surface area (TPSA) is 42.4 Å². The van der Waals surface area contributed by atoms with Crippen molar-refractivity contribution in [2.45, 2.75) is 32.6 Å². The molecule has 0 aromatic carbocycles. The Morgan fingerprint density at radius 3 is 3.09 bits per heavy atom. The molecule has 0 saturated heterocycles. The van der Waals surface area contributed by atoms with Crippen molar-refractivity contribution in [1.82, 2.24) is 9.88 Å². The number of carbonyl (C=O) groups excluding carboxylic acids is 1. The molecule has 1 aromatic heterocycles. The molecule has 1 amide bonds. The SMILES string of the molecule is CCCCOC(=O)N1CC=C(C2=CCc3ncccc32)CC1. The number of hydrogen-bond donors (Lipinski definition) is 0. The summed E-state index contributed by atoms with van der Waals surface area (Å²) in [6, 6.07) is 4.12. The van der Waals surface area contributed by atoms with Crippen molar-refractivity contribution in [3.63, 3.8) is 0 Å². The Bertz CT molecular complexity index is 619. The van der Waals surface area contributed by atoms with E-state index in [1.165, 1.54) is 16.7 Å². The average Bonchev–Trinajstić information content (AvgIpc) is 2.99. The lowest BCUT2D eigenvalue weighted by molar-refractivity contribution is 0.104. The van der Waals surface area contributed by atoms with E-state index in [0.29, 0.717) is 13.2 Å². The number of hydrogen-bond acceptors (Lipinski definition) is 3. The van der Waals surface area contributed by atoms with E-state index in [2.05, 4.69) is 30.1 Å².